The van der Waals surface area contributed by atoms with Crippen LogP contribution in [0.3, 0.4) is 0 Å². The van der Waals surface area contributed by atoms with E-state index in [2.05, 4.69) is 15.1 Å². The van der Waals surface area contributed by atoms with Crippen LogP contribution in [0.5, 0.6) is 11.6 Å². The average molecular weight is 289 g/mol. The maximum atomic E-state index is 11.1. The molecule has 0 amide bonds. The number of hydrogen-bond acceptors (Lipinski definition) is 7. The molecule has 0 saturated carbocycles. The molecular weight excluding hydrogens is 278 g/mol. The van der Waals surface area contributed by atoms with E-state index < -0.39 is 10.6 Å². The van der Waals surface area contributed by atoms with Crippen molar-refractivity contribution in [2.75, 3.05) is 0 Å². The molecule has 9 nitrogen and oxygen atoms in total. The van der Waals surface area contributed by atoms with Gasteiger partial charge in [0.2, 0.25) is 0 Å². The number of nitro groups is 1. The predicted molar refractivity (Wildman–Crippen MR) is 72.5 cm³/mol. The van der Waals surface area contributed by atoms with E-state index in [1.807, 2.05) is 0 Å². The van der Waals surface area contributed by atoms with Crippen molar-refractivity contribution in [3.05, 3.63) is 52.0 Å². The highest BCUT2D eigenvalue weighted by Crippen LogP contribution is 2.29. The lowest BCUT2D eigenvalue weighted by Gasteiger charge is -2.06. The number of ether oxygens (including phenoxy) is 1. The molecule has 0 aromatic carbocycles. The van der Waals surface area contributed by atoms with E-state index in [9.17, 15) is 10.1 Å². The molecule has 0 aliphatic carbocycles. The van der Waals surface area contributed by atoms with Gasteiger partial charge in [-0.2, -0.15) is 0 Å². The molecule has 9 heteroatoms. The monoisotopic (exact) mass is 289 g/mol. The molecule has 0 aliphatic rings. The van der Waals surface area contributed by atoms with Crippen molar-refractivity contribution < 1.29 is 14.9 Å². The third-order valence-corrected chi connectivity index (χ3v) is 2.53. The van der Waals surface area contributed by atoms with Gasteiger partial charge in [0.25, 0.3) is 5.88 Å². The number of aromatic nitrogens is 2. The van der Waals surface area contributed by atoms with Gasteiger partial charge < -0.3 is 15.7 Å². The highest BCUT2D eigenvalue weighted by atomic mass is 16.6. The van der Waals surface area contributed by atoms with E-state index in [0.29, 0.717) is 5.75 Å². The minimum Gasteiger partial charge on any atom is -0.432 e. The number of rotatable bonds is 4. The van der Waals surface area contributed by atoms with Crippen molar-refractivity contribution in [3.8, 4) is 11.6 Å². The van der Waals surface area contributed by atoms with Crippen molar-refractivity contribution in [2.45, 2.75) is 6.92 Å². The number of pyridine rings is 2. The van der Waals surface area contributed by atoms with Gasteiger partial charge in [-0.3, -0.25) is 15.1 Å². The van der Waals surface area contributed by atoms with Crippen LogP contribution in [-0.4, -0.2) is 25.9 Å². The van der Waals surface area contributed by atoms with Gasteiger partial charge in [-0.1, -0.05) is 5.16 Å². The number of nitrogens with zero attached hydrogens (tertiary/aromatic N) is 4. The molecule has 0 saturated heterocycles. The topological polar surface area (TPSA) is 137 Å². The number of hydrogen-bond donors (Lipinski definition) is 2. The van der Waals surface area contributed by atoms with Gasteiger partial charge in [-0.25, -0.2) is 4.98 Å². The molecule has 21 heavy (non-hydrogen) atoms. The minimum absolute atomic E-state index is 0.110. The number of oxime groups is 1. The molecule has 108 valence electrons. The van der Waals surface area contributed by atoms with E-state index in [-0.39, 0.29) is 17.3 Å². The van der Waals surface area contributed by atoms with Crippen LogP contribution in [0.4, 0.5) is 5.69 Å². The first-order chi connectivity index (χ1) is 10.0. The van der Waals surface area contributed by atoms with Crippen LogP contribution in [-0.2, 0) is 0 Å². The Bertz CT molecular complexity index is 699. The molecule has 2 aromatic heterocycles. The lowest BCUT2D eigenvalue weighted by molar-refractivity contribution is -0.386. The highest BCUT2D eigenvalue weighted by molar-refractivity contribution is 5.97. The zero-order valence-corrected chi connectivity index (χ0v) is 10.9. The van der Waals surface area contributed by atoms with Crippen LogP contribution in [0.25, 0.3) is 0 Å². The van der Waals surface area contributed by atoms with Crippen molar-refractivity contribution in [3.63, 3.8) is 0 Å². The summed E-state index contributed by atoms with van der Waals surface area (Å²) in [5, 5.41) is 22.4. The average Bonchev–Trinajstić information content (AvgIpc) is 2.49. The van der Waals surface area contributed by atoms with E-state index in [4.69, 9.17) is 15.7 Å². The maximum Gasteiger partial charge on any atom is 0.332 e. The Morgan fingerprint density at radius 1 is 1.43 bits per heavy atom. The summed E-state index contributed by atoms with van der Waals surface area (Å²) in [6.45, 7) is 1.80. The van der Waals surface area contributed by atoms with Gasteiger partial charge in [0, 0.05) is 23.5 Å². The fourth-order valence-electron chi connectivity index (χ4n) is 1.47. The fraction of sp³-hybridized carbons (Fsp3) is 0.0833. The summed E-state index contributed by atoms with van der Waals surface area (Å²) in [5.41, 5.74) is 5.86. The van der Waals surface area contributed by atoms with Crippen LogP contribution in [0, 0.1) is 17.0 Å². The second-order valence-electron chi connectivity index (χ2n) is 4.03. The van der Waals surface area contributed by atoms with Crippen LogP contribution in [0.15, 0.2) is 35.7 Å². The molecular formula is C12H11N5O4. The molecule has 0 aliphatic heterocycles. The zero-order chi connectivity index (χ0) is 15.4. The highest BCUT2D eigenvalue weighted by Gasteiger charge is 2.20. The van der Waals surface area contributed by atoms with E-state index in [0.717, 1.165) is 11.8 Å². The Morgan fingerprint density at radius 3 is 2.76 bits per heavy atom. The molecule has 2 heterocycles. The SMILES string of the molecule is Cc1ccc(Oc2ncc(/C(N)=N/O)cc2[N+](=O)[O-])cn1. The first kappa shape index (κ1) is 14.2. The minimum atomic E-state index is -0.669. The van der Waals surface area contributed by atoms with Crippen molar-refractivity contribution in [1.29, 1.82) is 0 Å². The van der Waals surface area contributed by atoms with Crippen LogP contribution in [0.2, 0.25) is 0 Å². The smallest absolute Gasteiger partial charge is 0.332 e. The van der Waals surface area contributed by atoms with Gasteiger partial charge in [-0.05, 0) is 19.1 Å². The Morgan fingerprint density at radius 2 is 2.19 bits per heavy atom. The number of nitrogens with two attached hydrogens (primary N) is 1. The number of amidine groups is 1. The Labute approximate surface area is 118 Å². The van der Waals surface area contributed by atoms with Gasteiger partial charge in [0.05, 0.1) is 11.1 Å². The summed E-state index contributed by atoms with van der Waals surface area (Å²) in [5.74, 6) is -0.179. The van der Waals surface area contributed by atoms with Gasteiger partial charge >= 0.3 is 5.69 Å². The predicted octanol–water partition coefficient (Wildman–Crippen LogP) is 1.58. The third-order valence-electron chi connectivity index (χ3n) is 2.53. The molecule has 0 unspecified atom stereocenters. The molecule has 0 fully saturated rings. The van der Waals surface area contributed by atoms with Crippen molar-refractivity contribution in [2.24, 2.45) is 10.9 Å². The Kier molecular flexibility index (Phi) is 3.93. The molecule has 0 bridgehead atoms. The zero-order valence-electron chi connectivity index (χ0n) is 10.9. The summed E-state index contributed by atoms with van der Waals surface area (Å²) in [6, 6.07) is 4.43. The van der Waals surface area contributed by atoms with Crippen LogP contribution < -0.4 is 10.5 Å². The van der Waals surface area contributed by atoms with Gasteiger partial charge in [0.15, 0.2) is 5.84 Å². The Hall–Kier alpha value is -3.23. The standard InChI is InChI=1S/C12H11N5O4/c1-7-2-3-9(6-14-7)21-12-10(17(19)20)4-8(5-15-12)11(13)16-18/h2-6,18H,1H3,(H2,13,16). The number of aryl methyl sites for hydroxylation is 1. The fourth-order valence-corrected chi connectivity index (χ4v) is 1.47. The van der Waals surface area contributed by atoms with E-state index >= 15 is 0 Å². The Balaban J connectivity index is 2.39. The molecule has 0 radical (unpaired) electrons. The lowest BCUT2D eigenvalue weighted by Crippen LogP contribution is -2.14. The molecule has 2 aromatic rings. The summed E-state index contributed by atoms with van der Waals surface area (Å²) in [6.07, 6.45) is 2.64. The summed E-state index contributed by atoms with van der Waals surface area (Å²) < 4.78 is 5.34. The third kappa shape index (κ3) is 3.21. The summed E-state index contributed by atoms with van der Waals surface area (Å²) in [7, 11) is 0. The van der Waals surface area contributed by atoms with Gasteiger partial charge in [-0.15, -0.1) is 0 Å². The van der Waals surface area contributed by atoms with Crippen molar-refractivity contribution >= 4 is 11.5 Å². The molecule has 0 atom stereocenters. The second kappa shape index (κ2) is 5.82. The molecule has 3 N–H and O–H groups in total. The second-order valence-corrected chi connectivity index (χ2v) is 4.03. The lowest BCUT2D eigenvalue weighted by atomic mass is 10.2. The van der Waals surface area contributed by atoms with E-state index in [1.54, 1.807) is 19.1 Å². The summed E-state index contributed by atoms with van der Waals surface area (Å²) in [4.78, 5) is 18.2. The van der Waals surface area contributed by atoms with Crippen molar-refractivity contribution in [1.82, 2.24) is 9.97 Å². The summed E-state index contributed by atoms with van der Waals surface area (Å²) >= 11 is 0. The first-order valence-corrected chi connectivity index (χ1v) is 5.74. The normalized spacial score (nSPS) is 11.2. The maximum absolute atomic E-state index is 11.1. The molecule has 2 rings (SSSR count). The van der Waals surface area contributed by atoms with Gasteiger partial charge in [0.1, 0.15) is 5.75 Å². The quantitative estimate of drug-likeness (QED) is 0.286. The van der Waals surface area contributed by atoms with Crippen LogP contribution in [0.1, 0.15) is 11.3 Å². The largest absolute Gasteiger partial charge is 0.432 e. The van der Waals surface area contributed by atoms with Crippen LogP contribution >= 0.6 is 0 Å². The molecule has 0 spiro atoms. The van der Waals surface area contributed by atoms with E-state index in [1.165, 1.54) is 12.4 Å². The first-order valence-electron chi connectivity index (χ1n) is 5.74.